The van der Waals surface area contributed by atoms with Gasteiger partial charge in [0, 0.05) is 0 Å². The largest absolute Gasteiger partial charge is 0.504 e. The van der Waals surface area contributed by atoms with Crippen LogP contribution >= 0.6 is 12.2 Å². The second-order valence-electron chi connectivity index (χ2n) is 5.18. The number of aromatic hydroxyl groups is 2. The summed E-state index contributed by atoms with van der Waals surface area (Å²) in [6.45, 7) is 0. The third-order valence-corrected chi connectivity index (χ3v) is 3.78. The molecule has 1 saturated heterocycles. The lowest BCUT2D eigenvalue weighted by atomic mass is 10.1. The van der Waals surface area contributed by atoms with Crippen LogP contribution in [0, 0.1) is 5.82 Å². The van der Waals surface area contributed by atoms with Gasteiger partial charge in [0.25, 0.3) is 11.8 Å². The summed E-state index contributed by atoms with van der Waals surface area (Å²) in [6.07, 6.45) is 1.26. The van der Waals surface area contributed by atoms with Crippen molar-refractivity contribution in [2.45, 2.75) is 0 Å². The van der Waals surface area contributed by atoms with Gasteiger partial charge in [-0.05, 0) is 60.3 Å². The van der Waals surface area contributed by atoms with Gasteiger partial charge in [-0.15, -0.1) is 0 Å². The first-order chi connectivity index (χ1) is 11.9. The molecule has 0 radical (unpaired) electrons. The molecule has 0 aromatic heterocycles. The Morgan fingerprint density at radius 2 is 1.72 bits per heavy atom. The minimum absolute atomic E-state index is 0.118. The average molecular weight is 358 g/mol. The Hall–Kier alpha value is -3.26. The summed E-state index contributed by atoms with van der Waals surface area (Å²) >= 11 is 5.03. The predicted molar refractivity (Wildman–Crippen MR) is 92.4 cm³/mol. The maximum atomic E-state index is 13.1. The van der Waals surface area contributed by atoms with Crippen LogP contribution < -0.4 is 10.2 Å². The van der Waals surface area contributed by atoms with Crippen LogP contribution in [-0.4, -0.2) is 27.1 Å². The lowest BCUT2D eigenvalue weighted by molar-refractivity contribution is -0.122. The molecule has 126 valence electrons. The van der Waals surface area contributed by atoms with Crippen LogP contribution in [0.1, 0.15) is 5.56 Å². The van der Waals surface area contributed by atoms with Gasteiger partial charge in [-0.1, -0.05) is 6.07 Å². The Bertz CT molecular complexity index is 925. The number of anilines is 1. The Labute approximate surface area is 146 Å². The van der Waals surface area contributed by atoms with Crippen LogP contribution in [0.15, 0.2) is 48.0 Å². The maximum Gasteiger partial charge on any atom is 0.270 e. The van der Waals surface area contributed by atoms with Crippen molar-refractivity contribution >= 4 is 40.9 Å². The number of amides is 2. The van der Waals surface area contributed by atoms with Crippen LogP contribution in [0.25, 0.3) is 6.08 Å². The highest BCUT2D eigenvalue weighted by molar-refractivity contribution is 7.80. The summed E-state index contributed by atoms with van der Waals surface area (Å²) in [7, 11) is 0. The molecule has 2 aromatic carbocycles. The fraction of sp³-hybridized carbons (Fsp3) is 0. The summed E-state index contributed by atoms with van der Waals surface area (Å²) in [5, 5.41) is 21.1. The van der Waals surface area contributed by atoms with Gasteiger partial charge in [-0.3, -0.25) is 19.8 Å². The number of nitrogens with one attached hydrogen (secondary N) is 1. The van der Waals surface area contributed by atoms with Crippen molar-refractivity contribution in [3.63, 3.8) is 0 Å². The number of benzene rings is 2. The van der Waals surface area contributed by atoms with E-state index in [-0.39, 0.29) is 22.2 Å². The molecule has 0 saturated carbocycles. The van der Waals surface area contributed by atoms with Crippen LogP contribution in [0.3, 0.4) is 0 Å². The number of carbonyl (C=O) groups excluding carboxylic acids is 2. The molecule has 0 spiro atoms. The van der Waals surface area contributed by atoms with Gasteiger partial charge < -0.3 is 10.2 Å². The normalized spacial score (nSPS) is 16.3. The number of phenolic OH excluding ortho intramolecular Hbond substituents is 2. The molecule has 0 bridgehead atoms. The molecular weight excluding hydrogens is 347 g/mol. The minimum atomic E-state index is -0.694. The monoisotopic (exact) mass is 358 g/mol. The molecular formula is C17H11FN2O4S. The number of thiocarbonyl (C=S) groups is 1. The number of halogens is 1. The molecule has 1 fully saturated rings. The number of hydrogen-bond acceptors (Lipinski definition) is 5. The third kappa shape index (κ3) is 3.20. The zero-order valence-corrected chi connectivity index (χ0v) is 13.4. The van der Waals surface area contributed by atoms with Crippen molar-refractivity contribution in [1.29, 1.82) is 0 Å². The van der Waals surface area contributed by atoms with Gasteiger partial charge in [-0.2, -0.15) is 0 Å². The third-order valence-electron chi connectivity index (χ3n) is 3.50. The van der Waals surface area contributed by atoms with E-state index in [0.717, 1.165) is 4.90 Å². The van der Waals surface area contributed by atoms with Crippen molar-refractivity contribution in [2.24, 2.45) is 0 Å². The van der Waals surface area contributed by atoms with Crippen LogP contribution in [0.5, 0.6) is 11.5 Å². The number of phenols is 2. The van der Waals surface area contributed by atoms with Crippen LogP contribution in [0.4, 0.5) is 10.1 Å². The summed E-state index contributed by atoms with van der Waals surface area (Å²) in [5.41, 5.74) is 0.416. The summed E-state index contributed by atoms with van der Waals surface area (Å²) in [5.74, 6) is -2.56. The van der Waals surface area contributed by atoms with Crippen LogP contribution in [0.2, 0.25) is 0 Å². The fourth-order valence-corrected chi connectivity index (χ4v) is 2.56. The SMILES string of the molecule is O=C1NC(=S)N(c2ccc(F)cc2)C(=O)/C1=C\c1ccc(O)c(O)c1. The lowest BCUT2D eigenvalue weighted by Gasteiger charge is -2.28. The lowest BCUT2D eigenvalue weighted by Crippen LogP contribution is -2.54. The van der Waals surface area contributed by atoms with Crippen molar-refractivity contribution in [2.75, 3.05) is 4.90 Å². The van der Waals surface area contributed by atoms with Crippen molar-refractivity contribution in [3.05, 3.63) is 59.4 Å². The molecule has 6 nitrogen and oxygen atoms in total. The van der Waals surface area contributed by atoms with Crippen molar-refractivity contribution < 1.29 is 24.2 Å². The molecule has 1 heterocycles. The number of nitrogens with zero attached hydrogens (tertiary/aromatic N) is 1. The Kier molecular flexibility index (Phi) is 4.20. The van der Waals surface area contributed by atoms with Gasteiger partial charge in [0.2, 0.25) is 0 Å². The summed E-state index contributed by atoms with van der Waals surface area (Å²) in [6, 6.07) is 8.93. The highest BCUT2D eigenvalue weighted by Gasteiger charge is 2.34. The second kappa shape index (κ2) is 6.33. The summed E-state index contributed by atoms with van der Waals surface area (Å²) < 4.78 is 13.1. The molecule has 2 aromatic rings. The van der Waals surface area contributed by atoms with E-state index in [1.165, 1.54) is 48.5 Å². The zero-order chi connectivity index (χ0) is 18.1. The van der Waals surface area contributed by atoms with Gasteiger partial charge >= 0.3 is 0 Å². The molecule has 3 N–H and O–H groups in total. The molecule has 2 amide bonds. The Morgan fingerprint density at radius 1 is 1.04 bits per heavy atom. The van der Waals surface area contributed by atoms with Gasteiger partial charge in [0.1, 0.15) is 11.4 Å². The predicted octanol–water partition coefficient (Wildman–Crippen LogP) is 2.07. The van der Waals surface area contributed by atoms with E-state index in [4.69, 9.17) is 12.2 Å². The van der Waals surface area contributed by atoms with Gasteiger partial charge in [0.05, 0.1) is 5.69 Å². The topological polar surface area (TPSA) is 89.9 Å². The Balaban J connectivity index is 2.01. The fourth-order valence-electron chi connectivity index (χ4n) is 2.28. The maximum absolute atomic E-state index is 13.1. The minimum Gasteiger partial charge on any atom is -0.504 e. The first-order valence-electron chi connectivity index (χ1n) is 7.06. The standard InChI is InChI=1S/C17H11FN2O4S/c18-10-2-4-11(5-3-10)20-16(24)12(15(23)19-17(20)25)7-9-1-6-13(21)14(22)8-9/h1-8,21-22H,(H,19,23,25)/b12-7-. The van der Waals surface area contributed by atoms with E-state index in [1.807, 2.05) is 0 Å². The molecule has 0 atom stereocenters. The average Bonchev–Trinajstić information content (AvgIpc) is 2.56. The highest BCUT2D eigenvalue weighted by Crippen LogP contribution is 2.27. The van der Waals surface area contributed by atoms with E-state index in [0.29, 0.717) is 11.3 Å². The van der Waals surface area contributed by atoms with E-state index in [9.17, 15) is 24.2 Å². The number of rotatable bonds is 2. The summed E-state index contributed by atoms with van der Waals surface area (Å²) in [4.78, 5) is 25.9. The van der Waals surface area contributed by atoms with Crippen LogP contribution in [-0.2, 0) is 9.59 Å². The molecule has 1 aliphatic heterocycles. The molecule has 1 aliphatic rings. The first kappa shape index (κ1) is 16.6. The van der Waals surface area contributed by atoms with Crippen molar-refractivity contribution in [1.82, 2.24) is 5.32 Å². The zero-order valence-electron chi connectivity index (χ0n) is 12.6. The molecule has 0 aliphatic carbocycles. The molecule has 25 heavy (non-hydrogen) atoms. The van der Waals surface area contributed by atoms with Gasteiger partial charge in [-0.25, -0.2) is 4.39 Å². The first-order valence-corrected chi connectivity index (χ1v) is 7.46. The number of carbonyl (C=O) groups is 2. The molecule has 0 unspecified atom stereocenters. The smallest absolute Gasteiger partial charge is 0.270 e. The van der Waals surface area contributed by atoms with E-state index >= 15 is 0 Å². The van der Waals surface area contributed by atoms with Crippen molar-refractivity contribution in [3.8, 4) is 11.5 Å². The molecule has 3 rings (SSSR count). The quantitative estimate of drug-likeness (QED) is 0.331. The Morgan fingerprint density at radius 3 is 2.36 bits per heavy atom. The number of hydrogen-bond donors (Lipinski definition) is 3. The molecule has 8 heteroatoms. The second-order valence-corrected chi connectivity index (χ2v) is 5.57. The highest BCUT2D eigenvalue weighted by atomic mass is 32.1. The van der Waals surface area contributed by atoms with E-state index in [2.05, 4.69) is 5.32 Å². The van der Waals surface area contributed by atoms with Gasteiger partial charge in [0.15, 0.2) is 16.6 Å². The van der Waals surface area contributed by atoms with E-state index in [1.54, 1.807) is 0 Å². The van der Waals surface area contributed by atoms with E-state index < -0.39 is 17.6 Å².